The Balaban J connectivity index is 1.78. The van der Waals surface area contributed by atoms with Crippen LogP contribution in [0.1, 0.15) is 82.4 Å². The van der Waals surface area contributed by atoms with Gasteiger partial charge >= 0.3 is 0 Å². The quantitative estimate of drug-likeness (QED) is 0.607. The summed E-state index contributed by atoms with van der Waals surface area (Å²) in [4.78, 5) is 0. The molecule has 1 aliphatic carbocycles. The molecule has 4 nitrogen and oxygen atoms in total. The summed E-state index contributed by atoms with van der Waals surface area (Å²) in [5.41, 5.74) is 5.71. The standard InChI is InChI=1S/C21H36N2O2S/c1-14(2)26(24,25)23-13-9-7-8-12-22-20-11-10-19-16(4)15(3)17(5)21(19)18(20)6/h10-11,14-17,22-23H,7-9,12-13H2,1-6H3. The Morgan fingerprint density at radius 3 is 2.31 bits per heavy atom. The first kappa shape index (κ1) is 21.2. The molecule has 0 aromatic heterocycles. The summed E-state index contributed by atoms with van der Waals surface area (Å²) >= 11 is 0. The maximum Gasteiger partial charge on any atom is 0.213 e. The van der Waals surface area contributed by atoms with E-state index in [1.54, 1.807) is 13.8 Å². The first-order valence-corrected chi connectivity index (χ1v) is 11.6. The van der Waals surface area contributed by atoms with Gasteiger partial charge in [-0.25, -0.2) is 13.1 Å². The summed E-state index contributed by atoms with van der Waals surface area (Å²) in [5.74, 6) is 1.96. The molecule has 3 atom stereocenters. The van der Waals surface area contributed by atoms with Gasteiger partial charge in [0.2, 0.25) is 10.0 Å². The number of nitrogens with one attached hydrogen (secondary N) is 2. The highest BCUT2D eigenvalue weighted by Gasteiger charge is 2.33. The van der Waals surface area contributed by atoms with E-state index in [0.717, 1.165) is 25.8 Å². The van der Waals surface area contributed by atoms with Crippen LogP contribution in [-0.4, -0.2) is 26.8 Å². The Morgan fingerprint density at radius 1 is 1.00 bits per heavy atom. The lowest BCUT2D eigenvalue weighted by atomic mass is 9.90. The smallest absolute Gasteiger partial charge is 0.213 e. The number of anilines is 1. The van der Waals surface area contributed by atoms with Gasteiger partial charge in [0, 0.05) is 18.8 Å². The fourth-order valence-corrected chi connectivity index (χ4v) is 4.71. The minimum atomic E-state index is -3.13. The van der Waals surface area contributed by atoms with Crippen molar-refractivity contribution >= 4 is 15.7 Å². The molecule has 1 aliphatic rings. The molecule has 0 spiro atoms. The predicted molar refractivity (Wildman–Crippen MR) is 112 cm³/mol. The zero-order valence-electron chi connectivity index (χ0n) is 17.2. The van der Waals surface area contributed by atoms with Crippen LogP contribution in [0.4, 0.5) is 5.69 Å². The van der Waals surface area contributed by atoms with Crippen LogP contribution in [-0.2, 0) is 10.0 Å². The van der Waals surface area contributed by atoms with E-state index in [4.69, 9.17) is 0 Å². The molecule has 0 saturated heterocycles. The van der Waals surface area contributed by atoms with Gasteiger partial charge in [-0.15, -0.1) is 0 Å². The highest BCUT2D eigenvalue weighted by Crippen LogP contribution is 2.48. The lowest BCUT2D eigenvalue weighted by molar-refractivity contribution is 0.464. The van der Waals surface area contributed by atoms with Gasteiger partial charge in [-0.05, 0) is 74.1 Å². The maximum atomic E-state index is 11.7. The van der Waals surface area contributed by atoms with Gasteiger partial charge in [0.05, 0.1) is 5.25 Å². The average Bonchev–Trinajstić information content (AvgIpc) is 2.80. The molecule has 0 aliphatic heterocycles. The first-order valence-electron chi connectivity index (χ1n) is 10.0. The molecule has 1 aromatic rings. The van der Waals surface area contributed by atoms with Gasteiger partial charge in [0.25, 0.3) is 0 Å². The normalized spacial score (nSPS) is 22.7. The third-order valence-electron chi connectivity index (χ3n) is 6.16. The highest BCUT2D eigenvalue weighted by atomic mass is 32.2. The molecule has 0 heterocycles. The highest BCUT2D eigenvalue weighted by molar-refractivity contribution is 7.90. The number of rotatable bonds is 9. The van der Waals surface area contributed by atoms with E-state index in [9.17, 15) is 8.42 Å². The zero-order valence-corrected chi connectivity index (χ0v) is 18.0. The number of unbranched alkanes of at least 4 members (excludes halogenated alkanes) is 2. The fourth-order valence-electron chi connectivity index (χ4n) is 3.95. The second-order valence-electron chi connectivity index (χ2n) is 8.15. The van der Waals surface area contributed by atoms with E-state index in [1.165, 1.54) is 22.4 Å². The molecule has 5 heteroatoms. The van der Waals surface area contributed by atoms with E-state index in [-0.39, 0.29) is 5.25 Å². The monoisotopic (exact) mass is 380 g/mol. The molecule has 148 valence electrons. The van der Waals surface area contributed by atoms with Gasteiger partial charge in [-0.3, -0.25) is 0 Å². The molecule has 2 N–H and O–H groups in total. The molecule has 3 unspecified atom stereocenters. The van der Waals surface area contributed by atoms with Gasteiger partial charge in [0.15, 0.2) is 0 Å². The Labute approximate surface area is 160 Å². The SMILES string of the molecule is Cc1c(NCCCCCNS(=O)(=O)C(C)C)ccc2c1C(C)C(C)C2C. The van der Waals surface area contributed by atoms with Crippen LogP contribution < -0.4 is 10.0 Å². The topological polar surface area (TPSA) is 58.2 Å². The minimum absolute atomic E-state index is 0.361. The largest absolute Gasteiger partial charge is 0.385 e. The summed E-state index contributed by atoms with van der Waals surface area (Å²) in [6.45, 7) is 14.1. The number of benzene rings is 1. The van der Waals surface area contributed by atoms with Crippen LogP contribution in [0, 0.1) is 12.8 Å². The molecule has 0 radical (unpaired) electrons. The van der Waals surface area contributed by atoms with Crippen LogP contribution >= 0.6 is 0 Å². The van der Waals surface area contributed by atoms with Crippen molar-refractivity contribution in [1.29, 1.82) is 0 Å². The van der Waals surface area contributed by atoms with Crippen molar-refractivity contribution in [3.63, 3.8) is 0 Å². The van der Waals surface area contributed by atoms with Crippen molar-refractivity contribution in [2.75, 3.05) is 18.4 Å². The first-order chi connectivity index (χ1) is 12.2. The molecule has 0 bridgehead atoms. The molecular formula is C21H36N2O2S. The lowest BCUT2D eigenvalue weighted by Gasteiger charge is -2.17. The van der Waals surface area contributed by atoms with Crippen LogP contribution in [0.5, 0.6) is 0 Å². The van der Waals surface area contributed by atoms with E-state index in [2.05, 4.69) is 49.9 Å². The van der Waals surface area contributed by atoms with E-state index < -0.39 is 10.0 Å². The van der Waals surface area contributed by atoms with Crippen LogP contribution in [0.25, 0.3) is 0 Å². The second-order valence-corrected chi connectivity index (χ2v) is 10.5. The van der Waals surface area contributed by atoms with E-state index in [1.807, 2.05) is 0 Å². The average molecular weight is 381 g/mol. The minimum Gasteiger partial charge on any atom is -0.385 e. The Bertz CT molecular complexity index is 713. The molecule has 2 rings (SSSR count). The Morgan fingerprint density at radius 2 is 1.65 bits per heavy atom. The van der Waals surface area contributed by atoms with Gasteiger partial charge in [-0.1, -0.05) is 33.3 Å². The summed E-state index contributed by atoms with van der Waals surface area (Å²) in [6.07, 6.45) is 2.94. The molecule has 0 saturated carbocycles. The number of sulfonamides is 1. The molecule has 0 fully saturated rings. The predicted octanol–water partition coefficient (Wildman–Crippen LogP) is 4.76. The van der Waals surface area contributed by atoms with Crippen molar-refractivity contribution < 1.29 is 8.42 Å². The zero-order chi connectivity index (χ0) is 19.5. The van der Waals surface area contributed by atoms with Crippen molar-refractivity contribution in [3.8, 4) is 0 Å². The second kappa shape index (κ2) is 8.75. The van der Waals surface area contributed by atoms with E-state index >= 15 is 0 Å². The summed E-state index contributed by atoms with van der Waals surface area (Å²) in [7, 11) is -3.13. The summed E-state index contributed by atoms with van der Waals surface area (Å²) < 4.78 is 26.0. The van der Waals surface area contributed by atoms with Crippen molar-refractivity contribution in [3.05, 3.63) is 28.8 Å². The summed E-state index contributed by atoms with van der Waals surface area (Å²) in [6, 6.07) is 4.53. The summed E-state index contributed by atoms with van der Waals surface area (Å²) in [5, 5.41) is 3.22. The molecule has 26 heavy (non-hydrogen) atoms. The molecule has 1 aromatic carbocycles. The van der Waals surface area contributed by atoms with E-state index in [0.29, 0.717) is 24.3 Å². The lowest BCUT2D eigenvalue weighted by Crippen LogP contribution is -2.31. The number of hydrogen-bond acceptors (Lipinski definition) is 3. The van der Waals surface area contributed by atoms with Gasteiger partial charge in [-0.2, -0.15) is 0 Å². The van der Waals surface area contributed by atoms with Crippen LogP contribution in [0.15, 0.2) is 12.1 Å². The number of fused-ring (bicyclic) bond motifs is 1. The maximum absolute atomic E-state index is 11.7. The van der Waals surface area contributed by atoms with Crippen LogP contribution in [0.2, 0.25) is 0 Å². The molecule has 0 amide bonds. The molecular weight excluding hydrogens is 344 g/mol. The van der Waals surface area contributed by atoms with Gasteiger partial charge in [0.1, 0.15) is 0 Å². The fraction of sp³-hybridized carbons (Fsp3) is 0.714. The third kappa shape index (κ3) is 4.61. The Hall–Kier alpha value is -1.07. The van der Waals surface area contributed by atoms with Crippen LogP contribution in [0.3, 0.4) is 0 Å². The van der Waals surface area contributed by atoms with Crippen molar-refractivity contribution in [1.82, 2.24) is 4.72 Å². The third-order valence-corrected chi connectivity index (χ3v) is 8.01. The van der Waals surface area contributed by atoms with Crippen molar-refractivity contribution in [2.45, 2.75) is 77.9 Å². The number of hydrogen-bond donors (Lipinski definition) is 2. The van der Waals surface area contributed by atoms with Crippen molar-refractivity contribution in [2.24, 2.45) is 5.92 Å². The Kier molecular flexibility index (Phi) is 7.14. The van der Waals surface area contributed by atoms with Gasteiger partial charge < -0.3 is 5.32 Å².